The molecule has 1 aliphatic carbocycles. The first kappa shape index (κ1) is 8.40. The van der Waals surface area contributed by atoms with Crippen molar-refractivity contribution in [1.29, 1.82) is 0 Å². The molecule has 2 aliphatic rings. The molecule has 1 spiro atoms. The van der Waals surface area contributed by atoms with Crippen molar-refractivity contribution in [2.24, 2.45) is 0 Å². The maximum atomic E-state index is 10.9. The molecule has 1 unspecified atom stereocenters. The summed E-state index contributed by atoms with van der Waals surface area (Å²) in [6.07, 6.45) is 0.0910. The van der Waals surface area contributed by atoms with Crippen LogP contribution in [-0.2, 0) is 9.59 Å². The lowest BCUT2D eigenvalue weighted by molar-refractivity contribution is -0.147. The first-order valence-corrected chi connectivity index (χ1v) is 3.95. The molecule has 1 heterocycles. The van der Waals surface area contributed by atoms with E-state index in [0.717, 1.165) is 0 Å². The predicted octanol–water partition coefficient (Wildman–Crippen LogP) is -1.89. The number of ketones is 1. The van der Waals surface area contributed by atoms with Gasteiger partial charge in [0.1, 0.15) is 12.2 Å². The first-order chi connectivity index (χ1) is 6.05. The monoisotopic (exact) mass is 183 g/mol. The van der Waals surface area contributed by atoms with Gasteiger partial charge in [-0.25, -0.2) is 0 Å². The fourth-order valence-electron chi connectivity index (χ4n) is 1.65. The van der Waals surface area contributed by atoms with E-state index in [-0.39, 0.29) is 12.3 Å². The molecular formula is C8H9NO4. The van der Waals surface area contributed by atoms with Gasteiger partial charge in [0.15, 0.2) is 5.78 Å². The van der Waals surface area contributed by atoms with Gasteiger partial charge >= 0.3 is 0 Å². The van der Waals surface area contributed by atoms with Crippen molar-refractivity contribution in [2.45, 2.75) is 24.2 Å². The molecule has 0 saturated carbocycles. The molecule has 1 amide bonds. The van der Waals surface area contributed by atoms with Gasteiger partial charge in [-0.2, -0.15) is 0 Å². The van der Waals surface area contributed by atoms with Crippen LogP contribution in [0.4, 0.5) is 0 Å². The van der Waals surface area contributed by atoms with E-state index in [4.69, 9.17) is 0 Å². The van der Waals surface area contributed by atoms with Crippen molar-refractivity contribution in [3.63, 3.8) is 0 Å². The summed E-state index contributed by atoms with van der Waals surface area (Å²) in [6.45, 7) is 0. The van der Waals surface area contributed by atoms with Gasteiger partial charge < -0.3 is 15.5 Å². The van der Waals surface area contributed by atoms with Crippen LogP contribution in [0, 0.1) is 0 Å². The maximum absolute atomic E-state index is 10.9. The molecule has 0 aromatic heterocycles. The zero-order valence-electron chi connectivity index (χ0n) is 6.73. The number of hydrogen-bond acceptors (Lipinski definition) is 4. The van der Waals surface area contributed by atoms with Gasteiger partial charge in [0.2, 0.25) is 5.91 Å². The Morgan fingerprint density at radius 1 is 1.46 bits per heavy atom. The number of rotatable bonds is 0. The van der Waals surface area contributed by atoms with Crippen molar-refractivity contribution >= 4 is 11.7 Å². The van der Waals surface area contributed by atoms with Gasteiger partial charge in [0.25, 0.3) is 0 Å². The molecule has 0 aromatic carbocycles. The summed E-state index contributed by atoms with van der Waals surface area (Å²) in [4.78, 5) is 21.6. The second kappa shape index (κ2) is 2.40. The van der Waals surface area contributed by atoms with E-state index >= 15 is 0 Å². The Hall–Kier alpha value is -1.20. The summed E-state index contributed by atoms with van der Waals surface area (Å²) < 4.78 is 0. The second-order valence-corrected chi connectivity index (χ2v) is 3.39. The predicted molar refractivity (Wildman–Crippen MR) is 41.7 cm³/mol. The van der Waals surface area contributed by atoms with Crippen molar-refractivity contribution in [3.8, 4) is 0 Å². The lowest BCUT2D eigenvalue weighted by atomic mass is 9.75. The molecule has 3 atom stereocenters. The standard InChI is InChI=1S/C8H9NO4/c10-4-1-2-8(3-5(11)9-8)7(13)6(4)12/h1-2,6-7,12-13H,3H2,(H,9,11)/t6-,7-,8?/m1/s1. The molecule has 0 bridgehead atoms. The Kier molecular flexibility index (Phi) is 1.55. The summed E-state index contributed by atoms with van der Waals surface area (Å²) in [5, 5.41) is 21.2. The molecular weight excluding hydrogens is 174 g/mol. The molecule has 13 heavy (non-hydrogen) atoms. The zero-order valence-corrected chi connectivity index (χ0v) is 6.73. The van der Waals surface area contributed by atoms with Crippen molar-refractivity contribution in [3.05, 3.63) is 12.2 Å². The Morgan fingerprint density at radius 3 is 2.62 bits per heavy atom. The third kappa shape index (κ3) is 1.01. The van der Waals surface area contributed by atoms with Crippen molar-refractivity contribution in [1.82, 2.24) is 5.32 Å². The Morgan fingerprint density at radius 2 is 2.08 bits per heavy atom. The maximum Gasteiger partial charge on any atom is 0.223 e. The molecule has 70 valence electrons. The minimum Gasteiger partial charge on any atom is -0.387 e. The van der Waals surface area contributed by atoms with Crippen molar-refractivity contribution in [2.75, 3.05) is 0 Å². The third-order valence-corrected chi connectivity index (χ3v) is 2.49. The van der Waals surface area contributed by atoms with Crippen LogP contribution in [0.15, 0.2) is 12.2 Å². The van der Waals surface area contributed by atoms with E-state index in [1.807, 2.05) is 0 Å². The first-order valence-electron chi connectivity index (χ1n) is 3.95. The fraction of sp³-hybridized carbons (Fsp3) is 0.500. The molecule has 0 radical (unpaired) electrons. The highest BCUT2D eigenvalue weighted by Gasteiger charge is 2.52. The minimum atomic E-state index is -1.43. The van der Waals surface area contributed by atoms with Crippen LogP contribution in [0.3, 0.4) is 0 Å². The summed E-state index contributed by atoms with van der Waals surface area (Å²) >= 11 is 0. The molecule has 1 fully saturated rings. The van der Waals surface area contributed by atoms with Gasteiger partial charge in [-0.05, 0) is 6.08 Å². The average molecular weight is 183 g/mol. The van der Waals surface area contributed by atoms with Gasteiger partial charge in [0.05, 0.1) is 12.0 Å². The molecule has 3 N–H and O–H groups in total. The van der Waals surface area contributed by atoms with Gasteiger partial charge in [-0.15, -0.1) is 0 Å². The van der Waals surface area contributed by atoms with E-state index in [9.17, 15) is 19.8 Å². The van der Waals surface area contributed by atoms with Crippen LogP contribution < -0.4 is 5.32 Å². The smallest absolute Gasteiger partial charge is 0.223 e. The van der Waals surface area contributed by atoms with Crippen LogP contribution in [0.2, 0.25) is 0 Å². The van der Waals surface area contributed by atoms with Crippen molar-refractivity contribution < 1.29 is 19.8 Å². The van der Waals surface area contributed by atoms with E-state index in [1.165, 1.54) is 12.2 Å². The van der Waals surface area contributed by atoms with E-state index < -0.39 is 23.5 Å². The molecule has 2 rings (SSSR count). The highest BCUT2D eigenvalue weighted by molar-refractivity contribution is 5.97. The lowest BCUT2D eigenvalue weighted by Crippen LogP contribution is -2.70. The zero-order chi connectivity index (χ0) is 9.64. The van der Waals surface area contributed by atoms with E-state index in [1.54, 1.807) is 0 Å². The fourth-order valence-corrected chi connectivity index (χ4v) is 1.65. The lowest BCUT2D eigenvalue weighted by Gasteiger charge is -2.46. The number of nitrogens with one attached hydrogen (secondary N) is 1. The molecule has 5 heteroatoms. The highest BCUT2D eigenvalue weighted by Crippen LogP contribution is 2.30. The van der Waals surface area contributed by atoms with Crippen LogP contribution in [0.5, 0.6) is 0 Å². The quantitative estimate of drug-likeness (QED) is 0.383. The number of aliphatic hydroxyl groups excluding tert-OH is 2. The largest absolute Gasteiger partial charge is 0.387 e. The Balaban J connectivity index is 2.28. The number of hydrogen-bond donors (Lipinski definition) is 3. The molecule has 1 saturated heterocycles. The van der Waals surface area contributed by atoms with Gasteiger partial charge in [-0.1, -0.05) is 6.08 Å². The third-order valence-electron chi connectivity index (χ3n) is 2.49. The van der Waals surface area contributed by atoms with Crippen LogP contribution in [-0.4, -0.2) is 39.7 Å². The summed E-state index contributed by atoms with van der Waals surface area (Å²) in [7, 11) is 0. The van der Waals surface area contributed by atoms with E-state index in [2.05, 4.69) is 5.32 Å². The Bertz CT molecular complexity index is 301. The average Bonchev–Trinajstić information content (AvgIpc) is 2.05. The normalized spacial score (nSPS) is 43.2. The minimum absolute atomic E-state index is 0.120. The van der Waals surface area contributed by atoms with Crippen LogP contribution >= 0.6 is 0 Å². The summed E-state index contributed by atoms with van der Waals surface area (Å²) in [5.41, 5.74) is -0.912. The van der Waals surface area contributed by atoms with Gasteiger partial charge in [-0.3, -0.25) is 9.59 Å². The second-order valence-electron chi connectivity index (χ2n) is 3.39. The summed E-state index contributed by atoms with van der Waals surface area (Å²) in [6, 6.07) is 0. The SMILES string of the molecule is O=C1CC2(C=CC(=O)[C@@H](O)[C@H]2O)N1. The number of β-lactam (4-membered cyclic amide) rings is 1. The van der Waals surface area contributed by atoms with Crippen LogP contribution in [0.25, 0.3) is 0 Å². The Labute approximate surface area is 74.1 Å². The number of carbonyl (C=O) groups excluding carboxylic acids is 2. The topological polar surface area (TPSA) is 86.6 Å². The highest BCUT2D eigenvalue weighted by atomic mass is 16.3. The molecule has 0 aromatic rings. The summed E-state index contributed by atoms with van der Waals surface area (Å²) in [5.74, 6) is -0.718. The molecule has 1 aliphatic heterocycles. The number of carbonyl (C=O) groups is 2. The van der Waals surface area contributed by atoms with Crippen LogP contribution in [0.1, 0.15) is 6.42 Å². The van der Waals surface area contributed by atoms with Gasteiger partial charge in [0, 0.05) is 0 Å². The van der Waals surface area contributed by atoms with E-state index in [0.29, 0.717) is 0 Å². The molecule has 5 nitrogen and oxygen atoms in total. The number of aliphatic hydroxyl groups is 2. The number of amides is 1.